The first-order valence-electron chi connectivity index (χ1n) is 3.57. The molecule has 0 bridgehead atoms. The molecule has 0 fully saturated rings. The Morgan fingerprint density at radius 1 is 1.31 bits per heavy atom. The van der Waals surface area contributed by atoms with E-state index in [-0.39, 0.29) is 36.8 Å². The summed E-state index contributed by atoms with van der Waals surface area (Å²) in [5.41, 5.74) is 0.801. The van der Waals surface area contributed by atoms with Crippen LogP contribution in [0.3, 0.4) is 0 Å². The molecular formula is C9H7N2NaO. The van der Waals surface area contributed by atoms with Crippen molar-refractivity contribution >= 4 is 17.2 Å². The zero-order valence-corrected chi connectivity index (χ0v) is 9.27. The fraction of sp³-hybridized carbons (Fsp3) is 0. The first-order chi connectivity index (χ1) is 5.90. The molecule has 0 amide bonds. The molecule has 0 spiro atoms. The molecule has 0 N–H and O–H groups in total. The number of fused-ring (bicyclic) bond motifs is 1. The Morgan fingerprint density at radius 3 is 2.85 bits per heavy atom. The van der Waals surface area contributed by atoms with Gasteiger partial charge < -0.3 is 1.43 Å². The second kappa shape index (κ2) is 4.46. The quantitative estimate of drug-likeness (QED) is 0.400. The van der Waals surface area contributed by atoms with Crippen LogP contribution >= 0.6 is 0 Å². The van der Waals surface area contributed by atoms with E-state index in [0.29, 0.717) is 6.29 Å². The van der Waals surface area contributed by atoms with Gasteiger partial charge in [0, 0.05) is 11.6 Å². The molecule has 1 heterocycles. The monoisotopic (exact) mass is 182 g/mol. The molecule has 0 atom stereocenters. The van der Waals surface area contributed by atoms with E-state index in [1.165, 1.54) is 0 Å². The second-order valence-corrected chi connectivity index (χ2v) is 2.40. The van der Waals surface area contributed by atoms with Crippen LogP contribution in [-0.2, 0) is 0 Å². The van der Waals surface area contributed by atoms with Crippen molar-refractivity contribution < 1.29 is 35.8 Å². The van der Waals surface area contributed by atoms with Crippen LogP contribution in [-0.4, -0.2) is 16.3 Å². The van der Waals surface area contributed by atoms with Gasteiger partial charge in [-0.2, -0.15) is 0 Å². The van der Waals surface area contributed by atoms with Gasteiger partial charge in [-0.3, -0.25) is 4.79 Å². The number of benzene rings is 1. The van der Waals surface area contributed by atoms with E-state index in [0.717, 1.165) is 10.9 Å². The van der Waals surface area contributed by atoms with E-state index in [2.05, 4.69) is 9.97 Å². The van der Waals surface area contributed by atoms with E-state index in [4.69, 9.17) is 0 Å². The summed E-state index contributed by atoms with van der Waals surface area (Å²) in [6.07, 6.45) is 2.29. The smallest absolute Gasteiger partial charge is 1.00 e. The fourth-order valence-corrected chi connectivity index (χ4v) is 1.04. The number of para-hydroxylation sites is 1. The SMILES string of the molecule is O=Cc1ncc2ccccc2n1.[H-].[Na+]. The molecule has 0 saturated carbocycles. The van der Waals surface area contributed by atoms with Crippen molar-refractivity contribution in [3.63, 3.8) is 0 Å². The van der Waals surface area contributed by atoms with Gasteiger partial charge in [0.1, 0.15) is 0 Å². The number of aldehydes is 1. The maximum Gasteiger partial charge on any atom is 1.00 e. The van der Waals surface area contributed by atoms with Crippen LogP contribution in [0.15, 0.2) is 30.5 Å². The summed E-state index contributed by atoms with van der Waals surface area (Å²) >= 11 is 0. The molecule has 3 nitrogen and oxygen atoms in total. The summed E-state index contributed by atoms with van der Waals surface area (Å²) in [7, 11) is 0. The van der Waals surface area contributed by atoms with Crippen molar-refractivity contribution in [3.8, 4) is 0 Å². The third-order valence-corrected chi connectivity index (χ3v) is 1.61. The number of hydrogen-bond acceptors (Lipinski definition) is 3. The normalized spacial score (nSPS) is 9.23. The summed E-state index contributed by atoms with van der Waals surface area (Å²) in [5.74, 6) is 0.230. The molecule has 0 aliphatic carbocycles. The van der Waals surface area contributed by atoms with Gasteiger partial charge in [-0.25, -0.2) is 9.97 Å². The maximum atomic E-state index is 10.3. The number of rotatable bonds is 1. The van der Waals surface area contributed by atoms with Gasteiger partial charge in [0.15, 0.2) is 12.1 Å². The summed E-state index contributed by atoms with van der Waals surface area (Å²) in [5, 5.41) is 0.947. The molecule has 1 aromatic heterocycles. The van der Waals surface area contributed by atoms with Crippen LogP contribution in [0.5, 0.6) is 0 Å². The van der Waals surface area contributed by atoms with Crippen LogP contribution in [0.1, 0.15) is 12.0 Å². The molecule has 13 heavy (non-hydrogen) atoms. The second-order valence-electron chi connectivity index (χ2n) is 2.40. The first kappa shape index (κ1) is 10.3. The van der Waals surface area contributed by atoms with E-state index in [1.807, 2.05) is 24.3 Å². The number of carbonyl (C=O) groups excluding carboxylic acids is 1. The molecule has 0 radical (unpaired) electrons. The van der Waals surface area contributed by atoms with Gasteiger partial charge in [0.25, 0.3) is 0 Å². The Balaban J connectivity index is 0.000000845. The predicted molar refractivity (Wildman–Crippen MR) is 46.0 cm³/mol. The van der Waals surface area contributed by atoms with Gasteiger partial charge in [-0.15, -0.1) is 0 Å². The summed E-state index contributed by atoms with van der Waals surface area (Å²) in [6, 6.07) is 7.55. The number of carbonyl (C=O) groups is 1. The molecule has 0 unspecified atom stereocenters. The van der Waals surface area contributed by atoms with Crippen molar-refractivity contribution in [2.75, 3.05) is 0 Å². The Hall–Kier alpha value is -0.770. The van der Waals surface area contributed by atoms with Gasteiger partial charge in [0.2, 0.25) is 0 Å². The fourth-order valence-electron chi connectivity index (χ4n) is 1.04. The number of hydrogen-bond donors (Lipinski definition) is 0. The minimum atomic E-state index is 0. The van der Waals surface area contributed by atoms with Crippen LogP contribution in [0.2, 0.25) is 0 Å². The average molecular weight is 182 g/mol. The van der Waals surface area contributed by atoms with Crippen LogP contribution in [0.25, 0.3) is 10.9 Å². The zero-order chi connectivity index (χ0) is 8.39. The summed E-state index contributed by atoms with van der Waals surface area (Å²) < 4.78 is 0. The minimum Gasteiger partial charge on any atom is -1.00 e. The van der Waals surface area contributed by atoms with Gasteiger partial charge >= 0.3 is 29.6 Å². The third kappa shape index (κ3) is 2.12. The minimum absolute atomic E-state index is 0. The standard InChI is InChI=1S/C9H6N2O.Na.H/c12-6-9-10-5-7-3-1-2-4-8(7)11-9;;/h1-6H;;/q;+1;-1. The van der Waals surface area contributed by atoms with Gasteiger partial charge in [0.05, 0.1) is 5.52 Å². The van der Waals surface area contributed by atoms with Crippen molar-refractivity contribution in [3.05, 3.63) is 36.3 Å². The van der Waals surface area contributed by atoms with Crippen LogP contribution in [0.4, 0.5) is 0 Å². The topological polar surface area (TPSA) is 42.9 Å². The number of nitrogens with zero attached hydrogens (tertiary/aromatic N) is 2. The molecular weight excluding hydrogens is 175 g/mol. The number of aromatic nitrogens is 2. The maximum absolute atomic E-state index is 10.3. The third-order valence-electron chi connectivity index (χ3n) is 1.61. The summed E-state index contributed by atoms with van der Waals surface area (Å²) in [6.45, 7) is 0. The molecule has 0 aliphatic rings. The van der Waals surface area contributed by atoms with Crippen molar-refractivity contribution in [1.82, 2.24) is 9.97 Å². The molecule has 0 aliphatic heterocycles. The molecule has 1 aromatic carbocycles. The van der Waals surface area contributed by atoms with Crippen molar-refractivity contribution in [2.45, 2.75) is 0 Å². The van der Waals surface area contributed by atoms with Crippen LogP contribution in [0, 0.1) is 0 Å². The Labute approximate surface area is 99.0 Å². The van der Waals surface area contributed by atoms with Crippen LogP contribution < -0.4 is 29.6 Å². The average Bonchev–Trinajstić information content (AvgIpc) is 2.17. The predicted octanol–water partition coefficient (Wildman–Crippen LogP) is -1.44. The van der Waals surface area contributed by atoms with Crippen molar-refractivity contribution in [1.29, 1.82) is 0 Å². The summed E-state index contributed by atoms with van der Waals surface area (Å²) in [4.78, 5) is 18.2. The molecule has 0 saturated heterocycles. The first-order valence-corrected chi connectivity index (χ1v) is 3.57. The molecule has 2 rings (SSSR count). The van der Waals surface area contributed by atoms with E-state index < -0.39 is 0 Å². The Kier molecular flexibility index (Phi) is 3.54. The molecule has 4 heteroatoms. The molecule has 2 aromatic rings. The van der Waals surface area contributed by atoms with E-state index >= 15 is 0 Å². The van der Waals surface area contributed by atoms with Crippen molar-refractivity contribution in [2.24, 2.45) is 0 Å². The molecule has 60 valence electrons. The van der Waals surface area contributed by atoms with Gasteiger partial charge in [-0.1, -0.05) is 18.2 Å². The van der Waals surface area contributed by atoms with E-state index in [1.54, 1.807) is 6.20 Å². The van der Waals surface area contributed by atoms with Gasteiger partial charge in [-0.05, 0) is 6.07 Å². The largest absolute Gasteiger partial charge is 1.00 e. The zero-order valence-electron chi connectivity index (χ0n) is 8.27. The van der Waals surface area contributed by atoms with E-state index in [9.17, 15) is 4.79 Å². The Morgan fingerprint density at radius 2 is 2.08 bits per heavy atom. The Bertz CT molecular complexity index is 436.